The van der Waals surface area contributed by atoms with Gasteiger partial charge in [-0.25, -0.2) is 4.79 Å². The maximum absolute atomic E-state index is 14.6. The quantitative estimate of drug-likeness (QED) is 0.0153. The van der Waals surface area contributed by atoms with Crippen LogP contribution in [0.4, 0.5) is 0 Å². The molecule has 0 aliphatic carbocycles. The van der Waals surface area contributed by atoms with Crippen molar-refractivity contribution in [3.05, 3.63) is 0 Å². The molecule has 36 heteroatoms. The smallest absolute Gasteiger partial charge is 0.326 e. The average molecular weight is 1350 g/mol. The lowest BCUT2D eigenvalue weighted by Gasteiger charge is -2.31. The molecule has 95 heavy (non-hydrogen) atoms. The van der Waals surface area contributed by atoms with E-state index in [2.05, 4.69) is 58.5 Å². The van der Waals surface area contributed by atoms with Crippen molar-refractivity contribution in [3.63, 3.8) is 0 Å². The number of amides is 14. The number of hydrogen-bond acceptors (Lipinski definition) is 19. The number of carbonyl (C=O) groups excluding carboxylic acids is 14. The van der Waals surface area contributed by atoms with Gasteiger partial charge in [0.1, 0.15) is 72.5 Å². The maximum Gasteiger partial charge on any atom is 0.326 e. The Bertz CT molecular complexity index is 2700. The van der Waals surface area contributed by atoms with E-state index >= 15 is 0 Å². The number of nitrogens with one attached hydrogen (secondary N) is 12. The molecule has 0 aromatic carbocycles. The zero-order valence-corrected chi connectivity index (χ0v) is 55.6. The molecule has 0 radical (unpaired) electrons. The molecule has 0 spiro atoms. The van der Waals surface area contributed by atoms with E-state index in [1.807, 2.05) is 0 Å². The summed E-state index contributed by atoms with van der Waals surface area (Å²) < 4.78 is 0. The molecule has 0 aromatic rings. The van der Waals surface area contributed by atoms with Crippen LogP contribution in [-0.4, -0.2) is 221 Å². The van der Waals surface area contributed by atoms with Crippen molar-refractivity contribution in [2.24, 2.45) is 46.2 Å². The molecule has 0 aromatic heterocycles. The van der Waals surface area contributed by atoms with Crippen LogP contribution in [0.3, 0.4) is 0 Å². The van der Waals surface area contributed by atoms with Gasteiger partial charge in [-0.1, -0.05) is 27.7 Å². The number of carboxylic acids is 1. The largest absolute Gasteiger partial charge is 0.480 e. The van der Waals surface area contributed by atoms with Gasteiger partial charge in [-0.2, -0.15) is 0 Å². The summed E-state index contributed by atoms with van der Waals surface area (Å²) in [5, 5.41) is 45.2. The Morgan fingerprint density at radius 1 is 0.442 bits per heavy atom. The number of guanidine groups is 1. The number of likely N-dealkylation sites (tertiary alicyclic amines) is 2. The van der Waals surface area contributed by atoms with E-state index in [9.17, 15) is 77.0 Å². The topological polar surface area (TPSA) is 595 Å². The molecule has 14 amide bonds. The summed E-state index contributed by atoms with van der Waals surface area (Å²) in [6, 6.07) is -15.5. The number of aliphatic carboxylic acids is 1. The predicted molar refractivity (Wildman–Crippen MR) is 344 cm³/mol. The zero-order chi connectivity index (χ0) is 71.8. The van der Waals surface area contributed by atoms with Gasteiger partial charge in [0, 0.05) is 32.5 Å². The first-order chi connectivity index (χ1) is 44.7. The van der Waals surface area contributed by atoms with E-state index in [0.717, 1.165) is 0 Å². The van der Waals surface area contributed by atoms with E-state index in [1.54, 1.807) is 27.7 Å². The minimum Gasteiger partial charge on any atom is -0.480 e. The Labute approximate surface area is 552 Å². The van der Waals surface area contributed by atoms with Crippen LogP contribution in [0.25, 0.3) is 0 Å². The fourth-order valence-electron chi connectivity index (χ4n) is 10.5. The van der Waals surface area contributed by atoms with E-state index in [4.69, 9.17) is 39.8 Å². The lowest BCUT2D eigenvalue weighted by atomic mass is 10.0. The third-order valence-corrected chi connectivity index (χ3v) is 16.0. The lowest BCUT2D eigenvalue weighted by Crippen LogP contribution is -2.60. The van der Waals surface area contributed by atoms with Crippen molar-refractivity contribution in [3.8, 4) is 0 Å². The van der Waals surface area contributed by atoms with Crippen LogP contribution in [0.5, 0.6) is 0 Å². The third-order valence-electron chi connectivity index (χ3n) is 16.0. The van der Waals surface area contributed by atoms with Crippen LogP contribution in [0.15, 0.2) is 0 Å². The Morgan fingerprint density at radius 3 is 1.29 bits per heavy atom. The van der Waals surface area contributed by atoms with E-state index in [0.29, 0.717) is 38.5 Å². The van der Waals surface area contributed by atoms with Crippen molar-refractivity contribution in [2.45, 2.75) is 224 Å². The molecule has 0 unspecified atom stereocenters. The van der Waals surface area contributed by atoms with E-state index in [1.165, 1.54) is 30.6 Å². The number of carboxylic acid groups (broad SMARTS) is 1. The molecule has 2 rings (SSSR count). The number of nitrogens with zero attached hydrogens (tertiary/aromatic N) is 2. The van der Waals surface area contributed by atoms with Crippen LogP contribution >= 0.6 is 0 Å². The highest BCUT2D eigenvalue weighted by atomic mass is 16.4. The van der Waals surface area contributed by atoms with Crippen LogP contribution in [0, 0.1) is 17.2 Å². The van der Waals surface area contributed by atoms with Gasteiger partial charge >= 0.3 is 5.97 Å². The fourth-order valence-corrected chi connectivity index (χ4v) is 10.5. The molecule has 25 N–H and O–H groups in total. The van der Waals surface area contributed by atoms with Crippen molar-refractivity contribution in [1.82, 2.24) is 68.3 Å². The summed E-state index contributed by atoms with van der Waals surface area (Å²) in [6.07, 6.45) is 1.30. The molecule has 12 atom stereocenters. The molecule has 0 saturated carbocycles. The number of primary amides is 2. The summed E-state index contributed by atoms with van der Waals surface area (Å²) in [5.41, 5.74) is 33.1. The van der Waals surface area contributed by atoms with Gasteiger partial charge in [0.05, 0.1) is 6.54 Å². The number of nitrogens with two attached hydrogens (primary N) is 6. The minimum atomic E-state index is -1.49. The monoisotopic (exact) mass is 1350 g/mol. The molecular formula is C59H104N20O16. The Balaban J connectivity index is 2.35. The number of hydrogen-bond donors (Lipinski definition) is 19. The molecule has 2 aliphatic heterocycles. The van der Waals surface area contributed by atoms with Gasteiger partial charge in [-0.3, -0.25) is 72.5 Å². The highest BCUT2D eigenvalue weighted by molar-refractivity contribution is 6.00. The van der Waals surface area contributed by atoms with E-state index in [-0.39, 0.29) is 115 Å². The standard InChI is InChI=1S/C59H104N20O16/c1-30(2)45(55(91)70-32(5)47(83)68-33(6)49(85)75-39(58(94)95)21-23-43(64)81)77-52(88)35(15-8-10-24-60)71-51(87)36(17-12-26-67-59(65)66)72-53(89)40-18-13-27-78(40)56(92)38(16-9-11-25-61)74-48(84)34(7)69-50(86)37(20-22-42(63)80)73-54(90)41-19-14-28-79(41)57(93)46(31(3)4)76-44(82)29-62/h30-41,45-46H,8-29,60-62H2,1-7H3,(H2,63,80)(H2,64,81)(H,68,83)(H,69,86)(H,70,91)(H,71,87)(H,72,89)(H,73,90)(H,74,84)(H,75,85)(H,76,82)(H,77,88)(H,94,95)(H4,65,66,67)/t32-,33-,34-,35-,36-,37-,38-,39-,40-,41-,45-,46-/m0/s1. The zero-order valence-electron chi connectivity index (χ0n) is 55.6. The first-order valence-corrected chi connectivity index (χ1v) is 32.3. The minimum absolute atomic E-state index is 0.00350. The summed E-state index contributed by atoms with van der Waals surface area (Å²) >= 11 is 0. The van der Waals surface area contributed by atoms with Crippen molar-refractivity contribution < 1.29 is 77.0 Å². The van der Waals surface area contributed by atoms with Crippen molar-refractivity contribution in [1.29, 1.82) is 5.41 Å². The fraction of sp³-hybridized carbons (Fsp3) is 0.729. The van der Waals surface area contributed by atoms with Gasteiger partial charge in [-0.15, -0.1) is 0 Å². The van der Waals surface area contributed by atoms with Gasteiger partial charge in [0.15, 0.2) is 5.96 Å². The SMILES string of the molecule is CC(C)[C@H](NC(=O)[C@H](CCCCN)NC(=O)[C@H](CCCNC(=N)N)NC(=O)[C@@H]1CCCN1C(=O)[C@H](CCCCN)NC(=O)[C@H](C)NC(=O)[C@H](CCC(N)=O)NC(=O)[C@@H]1CCCN1C(=O)[C@@H](NC(=O)CN)C(C)C)C(=O)N[C@@H](C)C(=O)N[C@@H](C)C(=O)N[C@@H](CCC(N)=O)C(=O)O. The van der Waals surface area contributed by atoms with Crippen LogP contribution in [0.2, 0.25) is 0 Å². The van der Waals surface area contributed by atoms with Crippen molar-refractivity contribution >= 4 is 94.6 Å². The summed E-state index contributed by atoms with van der Waals surface area (Å²) in [6.45, 7) is 10.8. The molecule has 2 aliphatic rings. The maximum atomic E-state index is 14.6. The highest BCUT2D eigenvalue weighted by Gasteiger charge is 2.42. The Morgan fingerprint density at radius 2 is 0.832 bits per heavy atom. The molecule has 0 bridgehead atoms. The summed E-state index contributed by atoms with van der Waals surface area (Å²) in [5.74, 6) is -13.7. The second kappa shape index (κ2) is 41.8. The molecular weight excluding hydrogens is 1240 g/mol. The summed E-state index contributed by atoms with van der Waals surface area (Å²) in [4.78, 5) is 203. The van der Waals surface area contributed by atoms with Crippen LogP contribution in [-0.2, 0) is 71.9 Å². The first-order valence-electron chi connectivity index (χ1n) is 32.3. The second-order valence-corrected chi connectivity index (χ2v) is 24.5. The predicted octanol–water partition coefficient (Wildman–Crippen LogP) is -6.72. The van der Waals surface area contributed by atoms with Crippen LogP contribution < -0.4 is 92.9 Å². The Kier molecular flexibility index (Phi) is 36.2. The molecule has 2 heterocycles. The normalized spacial score (nSPS) is 17.5. The second-order valence-electron chi connectivity index (χ2n) is 24.5. The van der Waals surface area contributed by atoms with Crippen molar-refractivity contribution in [2.75, 3.05) is 39.3 Å². The molecule has 36 nitrogen and oxygen atoms in total. The lowest BCUT2D eigenvalue weighted by molar-refractivity contribution is -0.143. The van der Waals surface area contributed by atoms with Gasteiger partial charge < -0.3 is 108 Å². The third kappa shape index (κ3) is 28.4. The molecule has 2 fully saturated rings. The van der Waals surface area contributed by atoms with Gasteiger partial charge in [-0.05, 0) is 136 Å². The number of carbonyl (C=O) groups is 15. The van der Waals surface area contributed by atoms with Gasteiger partial charge in [0.2, 0.25) is 82.7 Å². The summed E-state index contributed by atoms with van der Waals surface area (Å²) in [7, 11) is 0. The van der Waals surface area contributed by atoms with E-state index < -0.39 is 167 Å². The number of rotatable bonds is 43. The highest BCUT2D eigenvalue weighted by Crippen LogP contribution is 2.23. The van der Waals surface area contributed by atoms with Gasteiger partial charge in [0.25, 0.3) is 0 Å². The number of unbranched alkanes of at least 4 members (excludes halogenated alkanes) is 2. The average Bonchev–Trinajstić information content (AvgIpc) is 1.77. The molecule has 536 valence electrons. The van der Waals surface area contributed by atoms with Crippen LogP contribution in [0.1, 0.15) is 151 Å². The molecule has 2 saturated heterocycles. The first kappa shape index (κ1) is 82.3. The Hall–Kier alpha value is -8.80.